The van der Waals surface area contributed by atoms with Gasteiger partial charge in [-0.3, -0.25) is 4.79 Å². The third kappa shape index (κ3) is 4.70. The van der Waals surface area contributed by atoms with E-state index in [1.165, 1.54) is 30.1 Å². The number of para-hydroxylation sites is 1. The summed E-state index contributed by atoms with van der Waals surface area (Å²) in [5.41, 5.74) is 3.90. The Labute approximate surface area is 146 Å². The first-order valence-corrected chi connectivity index (χ1v) is 8.25. The second-order valence-corrected chi connectivity index (χ2v) is 5.78. The van der Waals surface area contributed by atoms with Crippen LogP contribution in [-0.2, 0) is 4.79 Å². The second-order valence-electron chi connectivity index (χ2n) is 4.84. The van der Waals surface area contributed by atoms with E-state index in [0.717, 1.165) is 5.69 Å². The normalized spacial score (nSPS) is 10.9. The number of halogens is 1. The number of nitrogens with zero attached hydrogens (tertiary/aromatic N) is 5. The van der Waals surface area contributed by atoms with Crippen LogP contribution < -0.4 is 5.43 Å². The summed E-state index contributed by atoms with van der Waals surface area (Å²) in [5.74, 6) is -0.520. The van der Waals surface area contributed by atoms with Gasteiger partial charge in [-0.2, -0.15) is 9.78 Å². The van der Waals surface area contributed by atoms with Gasteiger partial charge in [0.15, 0.2) is 0 Å². The molecule has 3 aromatic rings. The quantitative estimate of drug-likeness (QED) is 0.415. The summed E-state index contributed by atoms with van der Waals surface area (Å²) in [5, 5.41) is 15.8. The fourth-order valence-corrected chi connectivity index (χ4v) is 2.57. The lowest BCUT2D eigenvalue weighted by Crippen LogP contribution is -2.20. The van der Waals surface area contributed by atoms with Crippen LogP contribution in [0.1, 0.15) is 5.56 Å². The van der Waals surface area contributed by atoms with Gasteiger partial charge in [0.1, 0.15) is 5.82 Å². The van der Waals surface area contributed by atoms with Crippen LogP contribution in [0.3, 0.4) is 0 Å². The van der Waals surface area contributed by atoms with E-state index in [2.05, 4.69) is 26.1 Å². The Bertz CT molecular complexity index is 866. The van der Waals surface area contributed by atoms with E-state index >= 15 is 0 Å². The molecule has 0 fully saturated rings. The maximum Gasteiger partial charge on any atom is 0.250 e. The van der Waals surface area contributed by atoms with Crippen molar-refractivity contribution in [2.75, 3.05) is 5.75 Å². The summed E-state index contributed by atoms with van der Waals surface area (Å²) in [6, 6.07) is 15.2. The number of hydrogen-bond donors (Lipinski definition) is 1. The molecule has 0 aliphatic heterocycles. The third-order valence-electron chi connectivity index (χ3n) is 3.05. The van der Waals surface area contributed by atoms with Crippen molar-refractivity contribution in [2.24, 2.45) is 5.10 Å². The molecular formula is C16H13FN6OS. The van der Waals surface area contributed by atoms with Gasteiger partial charge >= 0.3 is 0 Å². The summed E-state index contributed by atoms with van der Waals surface area (Å²) < 4.78 is 14.3. The minimum atomic E-state index is -0.325. The number of tetrazole rings is 1. The Morgan fingerprint density at radius 1 is 1.20 bits per heavy atom. The number of carbonyl (C=O) groups excluding carboxylic acids is 1. The molecule has 0 spiro atoms. The zero-order chi connectivity index (χ0) is 17.5. The van der Waals surface area contributed by atoms with Crippen molar-refractivity contribution < 1.29 is 9.18 Å². The highest BCUT2D eigenvalue weighted by molar-refractivity contribution is 7.99. The maximum atomic E-state index is 12.8. The van der Waals surface area contributed by atoms with Crippen molar-refractivity contribution in [3.63, 3.8) is 0 Å². The number of nitrogens with one attached hydrogen (secondary N) is 1. The highest BCUT2D eigenvalue weighted by Crippen LogP contribution is 2.17. The van der Waals surface area contributed by atoms with Gasteiger partial charge in [-0.05, 0) is 40.3 Å². The molecule has 0 saturated heterocycles. The van der Waals surface area contributed by atoms with E-state index in [1.807, 2.05) is 30.3 Å². The lowest BCUT2D eigenvalue weighted by atomic mass is 10.2. The average molecular weight is 356 g/mol. The van der Waals surface area contributed by atoms with Crippen LogP contribution >= 0.6 is 11.8 Å². The Morgan fingerprint density at radius 2 is 1.96 bits per heavy atom. The molecule has 0 radical (unpaired) electrons. The van der Waals surface area contributed by atoms with Gasteiger partial charge in [0.05, 0.1) is 17.7 Å². The zero-order valence-electron chi connectivity index (χ0n) is 12.9. The number of thioether (sulfide) groups is 1. The van der Waals surface area contributed by atoms with Crippen LogP contribution in [0, 0.1) is 5.82 Å². The molecule has 1 heterocycles. The van der Waals surface area contributed by atoms with Gasteiger partial charge in [0.2, 0.25) is 5.16 Å². The standard InChI is InChI=1S/C16H13FN6OS/c17-13-8-6-12(7-9-13)10-18-19-15(24)11-25-16-20-21-22-23(16)14-4-2-1-3-5-14/h1-10H,11H2,(H,19,24)/b18-10+. The molecule has 0 saturated carbocycles. The third-order valence-corrected chi connectivity index (χ3v) is 3.97. The maximum absolute atomic E-state index is 12.8. The molecule has 1 amide bonds. The number of benzene rings is 2. The monoisotopic (exact) mass is 356 g/mol. The van der Waals surface area contributed by atoms with Crippen molar-refractivity contribution in [1.82, 2.24) is 25.6 Å². The lowest BCUT2D eigenvalue weighted by molar-refractivity contribution is -0.118. The smallest absolute Gasteiger partial charge is 0.250 e. The van der Waals surface area contributed by atoms with E-state index in [9.17, 15) is 9.18 Å². The largest absolute Gasteiger partial charge is 0.272 e. The summed E-state index contributed by atoms with van der Waals surface area (Å²) in [6.07, 6.45) is 1.44. The molecule has 3 rings (SSSR count). The van der Waals surface area contributed by atoms with Crippen molar-refractivity contribution in [2.45, 2.75) is 5.16 Å². The highest BCUT2D eigenvalue weighted by atomic mass is 32.2. The molecular weight excluding hydrogens is 343 g/mol. The summed E-state index contributed by atoms with van der Waals surface area (Å²) in [7, 11) is 0. The van der Waals surface area contributed by atoms with Crippen LogP contribution in [0.2, 0.25) is 0 Å². The van der Waals surface area contributed by atoms with E-state index in [-0.39, 0.29) is 17.5 Å². The molecule has 1 aromatic heterocycles. The molecule has 0 aliphatic carbocycles. The molecule has 9 heteroatoms. The first-order chi connectivity index (χ1) is 12.2. The minimum Gasteiger partial charge on any atom is -0.272 e. The van der Waals surface area contributed by atoms with Crippen molar-refractivity contribution in [1.29, 1.82) is 0 Å². The van der Waals surface area contributed by atoms with Crippen molar-refractivity contribution in [3.05, 3.63) is 66.0 Å². The number of aromatic nitrogens is 4. The predicted molar refractivity (Wildman–Crippen MR) is 92.0 cm³/mol. The van der Waals surface area contributed by atoms with Crippen LogP contribution in [0.25, 0.3) is 5.69 Å². The fraction of sp³-hybridized carbons (Fsp3) is 0.0625. The van der Waals surface area contributed by atoms with Gasteiger partial charge in [0, 0.05) is 0 Å². The molecule has 0 atom stereocenters. The van der Waals surface area contributed by atoms with Gasteiger partial charge in [0.25, 0.3) is 5.91 Å². The number of carbonyl (C=O) groups is 1. The van der Waals surface area contributed by atoms with Crippen molar-refractivity contribution >= 4 is 23.9 Å². The number of rotatable bonds is 6. The fourth-order valence-electron chi connectivity index (χ4n) is 1.89. The first-order valence-electron chi connectivity index (χ1n) is 7.26. The molecule has 1 N–H and O–H groups in total. The SMILES string of the molecule is O=C(CSc1nnnn1-c1ccccc1)N/N=C/c1ccc(F)cc1. The first kappa shape index (κ1) is 16.8. The Morgan fingerprint density at radius 3 is 2.72 bits per heavy atom. The molecule has 2 aromatic carbocycles. The van der Waals surface area contributed by atoms with E-state index in [1.54, 1.807) is 16.8 Å². The highest BCUT2D eigenvalue weighted by Gasteiger charge is 2.10. The molecule has 0 bridgehead atoms. The van der Waals surface area contributed by atoms with Crippen LogP contribution in [0.5, 0.6) is 0 Å². The zero-order valence-corrected chi connectivity index (χ0v) is 13.7. The minimum absolute atomic E-state index is 0.105. The Balaban J connectivity index is 1.53. The average Bonchev–Trinajstić information content (AvgIpc) is 3.11. The van der Waals surface area contributed by atoms with E-state index in [4.69, 9.17) is 0 Å². The number of amides is 1. The molecule has 7 nitrogen and oxygen atoms in total. The molecule has 126 valence electrons. The van der Waals surface area contributed by atoms with Gasteiger partial charge < -0.3 is 0 Å². The van der Waals surface area contributed by atoms with Crippen LogP contribution in [-0.4, -0.2) is 38.1 Å². The van der Waals surface area contributed by atoms with Gasteiger partial charge in [-0.1, -0.05) is 42.1 Å². The van der Waals surface area contributed by atoms with Crippen LogP contribution in [0.15, 0.2) is 64.9 Å². The molecule has 0 unspecified atom stereocenters. The van der Waals surface area contributed by atoms with E-state index in [0.29, 0.717) is 10.7 Å². The lowest BCUT2D eigenvalue weighted by Gasteiger charge is -2.03. The molecule has 25 heavy (non-hydrogen) atoms. The predicted octanol–water partition coefficient (Wildman–Crippen LogP) is 2.04. The number of hydrogen-bond acceptors (Lipinski definition) is 6. The number of hydrazone groups is 1. The Hall–Kier alpha value is -3.07. The summed E-state index contributed by atoms with van der Waals surface area (Å²) in [6.45, 7) is 0. The van der Waals surface area contributed by atoms with Gasteiger partial charge in [-0.15, -0.1) is 5.10 Å². The Kier molecular flexibility index (Phi) is 5.47. The summed E-state index contributed by atoms with van der Waals surface area (Å²) in [4.78, 5) is 11.8. The topological polar surface area (TPSA) is 85.1 Å². The van der Waals surface area contributed by atoms with Gasteiger partial charge in [-0.25, -0.2) is 9.82 Å². The summed E-state index contributed by atoms with van der Waals surface area (Å²) >= 11 is 1.20. The van der Waals surface area contributed by atoms with Crippen molar-refractivity contribution in [3.8, 4) is 5.69 Å². The van der Waals surface area contributed by atoms with Crippen LogP contribution in [0.4, 0.5) is 4.39 Å². The second kappa shape index (κ2) is 8.15. The molecule has 0 aliphatic rings. The van der Waals surface area contributed by atoms with E-state index < -0.39 is 0 Å².